The first-order valence-electron chi connectivity index (χ1n) is 3.97. The molecule has 4 N–H and O–H groups in total. The van der Waals surface area contributed by atoms with Crippen LogP contribution in [0.1, 0.15) is 19.3 Å². The Hall–Kier alpha value is 0.974. The van der Waals surface area contributed by atoms with E-state index in [4.69, 9.17) is 35.9 Å². The number of hydrogen-bond donors (Lipinski definition) is 2. The van der Waals surface area contributed by atoms with E-state index in [1.165, 1.54) is 6.42 Å². The number of unbranched alkanes of at least 4 members (excludes halogenated alkanes) is 2. The fourth-order valence-electron chi connectivity index (χ4n) is 0.726. The fraction of sp³-hybridized carbons (Fsp3) is 0.714. The van der Waals surface area contributed by atoms with Gasteiger partial charge in [-0.3, -0.25) is 0 Å². The molecule has 0 aromatic rings. The Balaban J connectivity index is 0. The van der Waals surface area contributed by atoms with E-state index < -0.39 is 0 Å². The number of nitrogens with two attached hydrogens (primary N) is 2. The predicted molar refractivity (Wildman–Crippen MR) is 72.3 cm³/mol. The van der Waals surface area contributed by atoms with Crippen molar-refractivity contribution in [3.63, 3.8) is 0 Å². The molecule has 0 fully saturated rings. The van der Waals surface area contributed by atoms with Crippen molar-refractivity contribution in [1.82, 2.24) is 0 Å². The third kappa shape index (κ3) is 15.4. The molecule has 7 heteroatoms. The van der Waals surface area contributed by atoms with E-state index >= 15 is 0 Å². The van der Waals surface area contributed by atoms with Gasteiger partial charge in [-0.05, 0) is 12.8 Å². The van der Waals surface area contributed by atoms with Crippen molar-refractivity contribution in [3.8, 4) is 0 Å². The van der Waals surface area contributed by atoms with E-state index in [1.807, 2.05) is 0 Å². The van der Waals surface area contributed by atoms with Crippen LogP contribution in [0.25, 0.3) is 0 Å². The van der Waals surface area contributed by atoms with Gasteiger partial charge in [0, 0.05) is 28.0 Å². The summed E-state index contributed by atoms with van der Waals surface area (Å²) in [6, 6.07) is 0. The van der Waals surface area contributed by atoms with Gasteiger partial charge in [-0.15, -0.1) is 0 Å². The molecule has 2 nitrogen and oxygen atoms in total. The molecule has 86 valence electrons. The molecule has 0 aliphatic rings. The van der Waals surface area contributed by atoms with Crippen LogP contribution >= 0.6 is 48.0 Å². The molecule has 0 aliphatic carbocycles. The quantitative estimate of drug-likeness (QED) is 0.445. The van der Waals surface area contributed by atoms with E-state index in [0.29, 0.717) is 8.64 Å². The summed E-state index contributed by atoms with van der Waals surface area (Å²) in [4.78, 5) is 0. The van der Waals surface area contributed by atoms with Gasteiger partial charge >= 0.3 is 0 Å². The summed E-state index contributed by atoms with van der Waals surface area (Å²) in [7, 11) is 0. The van der Waals surface area contributed by atoms with E-state index in [9.17, 15) is 0 Å². The summed E-state index contributed by atoms with van der Waals surface area (Å²) in [6.07, 6.45) is 3.49. The van der Waals surface area contributed by atoms with Crippen LogP contribution in [-0.2, 0) is 16.5 Å². The van der Waals surface area contributed by atoms with Crippen molar-refractivity contribution >= 4 is 56.6 Å². The average Bonchev–Trinajstić information content (AvgIpc) is 2.01. The monoisotopic (exact) mass is 312 g/mol. The van der Waals surface area contributed by atoms with Gasteiger partial charge in [0.15, 0.2) is 0 Å². The van der Waals surface area contributed by atoms with E-state index in [0.717, 1.165) is 24.3 Å². The Kier molecular flexibility index (Phi) is 14.9. The molecule has 14 heavy (non-hydrogen) atoms. The normalized spacial score (nSPS) is 9.14. The van der Waals surface area contributed by atoms with Gasteiger partial charge in [0.25, 0.3) is 0 Å². The zero-order valence-corrected chi connectivity index (χ0v) is 11.9. The van der Waals surface area contributed by atoms with Crippen molar-refractivity contribution in [2.75, 3.05) is 11.5 Å². The number of thiocarbonyl (C=S) groups is 2. The summed E-state index contributed by atoms with van der Waals surface area (Å²) in [5, 5.41) is 0. The number of rotatable bonds is 6. The number of hydrogen-bond acceptors (Lipinski definition) is 4. The minimum atomic E-state index is 0. The largest absolute Gasteiger partial charge is 0.385 e. The Morgan fingerprint density at radius 1 is 0.857 bits per heavy atom. The summed E-state index contributed by atoms with van der Waals surface area (Å²) in [5.74, 6) is 2.04. The summed E-state index contributed by atoms with van der Waals surface area (Å²) in [5.41, 5.74) is 10.7. The summed E-state index contributed by atoms with van der Waals surface area (Å²) in [6.45, 7) is 0. The van der Waals surface area contributed by atoms with Gasteiger partial charge in [0.1, 0.15) is 8.64 Å². The van der Waals surface area contributed by atoms with Gasteiger partial charge in [-0.1, -0.05) is 54.4 Å². The summed E-state index contributed by atoms with van der Waals surface area (Å²) >= 11 is 12.6. The molecule has 0 rings (SSSR count). The molecule has 0 aromatic carbocycles. The standard InChI is InChI=1S/C7H14N2S4.Ni/c8-6(10)12-4-2-1-3-5-13-7(9)11;/h1-5H2,(H2,8,10)(H2,9,11);. The van der Waals surface area contributed by atoms with Crippen LogP contribution in [-0.4, -0.2) is 20.1 Å². The van der Waals surface area contributed by atoms with Gasteiger partial charge in [-0.2, -0.15) is 0 Å². The molecule has 0 radical (unpaired) electrons. The van der Waals surface area contributed by atoms with Crippen LogP contribution in [0.5, 0.6) is 0 Å². The minimum Gasteiger partial charge on any atom is -0.385 e. The Morgan fingerprint density at radius 3 is 1.50 bits per heavy atom. The van der Waals surface area contributed by atoms with Crippen LogP contribution < -0.4 is 11.5 Å². The minimum absolute atomic E-state index is 0. The van der Waals surface area contributed by atoms with Gasteiger partial charge < -0.3 is 11.5 Å². The van der Waals surface area contributed by atoms with Gasteiger partial charge in [0.05, 0.1) is 0 Å². The predicted octanol–water partition coefficient (Wildman–Crippen LogP) is 2.11. The topological polar surface area (TPSA) is 52.0 Å². The maximum absolute atomic E-state index is 5.33. The smallest absolute Gasteiger partial charge is 0.131 e. The molecule has 0 saturated heterocycles. The van der Waals surface area contributed by atoms with Gasteiger partial charge in [0.2, 0.25) is 0 Å². The average molecular weight is 313 g/mol. The molecule has 0 bridgehead atoms. The van der Waals surface area contributed by atoms with E-state index in [-0.39, 0.29) is 16.5 Å². The third-order valence-corrected chi connectivity index (χ3v) is 3.54. The maximum atomic E-state index is 5.33. The third-order valence-electron chi connectivity index (χ3n) is 1.28. The molecule has 0 amide bonds. The van der Waals surface area contributed by atoms with Crippen molar-refractivity contribution in [3.05, 3.63) is 0 Å². The molecule has 0 saturated carbocycles. The first-order valence-corrected chi connectivity index (χ1v) is 6.76. The molecule has 0 spiro atoms. The molecule has 0 heterocycles. The molecule has 0 unspecified atom stereocenters. The SMILES string of the molecule is NC(=S)SCCCCCSC(N)=S.[Ni]. The van der Waals surface area contributed by atoms with E-state index in [2.05, 4.69) is 0 Å². The summed E-state index contributed by atoms with van der Waals surface area (Å²) < 4.78 is 1.08. The zero-order valence-electron chi connectivity index (χ0n) is 7.64. The Morgan fingerprint density at radius 2 is 1.21 bits per heavy atom. The first kappa shape index (κ1) is 17.4. The molecule has 0 atom stereocenters. The van der Waals surface area contributed by atoms with Crippen LogP contribution in [0.4, 0.5) is 0 Å². The van der Waals surface area contributed by atoms with Crippen molar-refractivity contribution in [2.24, 2.45) is 11.5 Å². The van der Waals surface area contributed by atoms with Crippen LogP contribution in [0, 0.1) is 0 Å². The van der Waals surface area contributed by atoms with Crippen LogP contribution in [0.3, 0.4) is 0 Å². The van der Waals surface area contributed by atoms with Crippen molar-refractivity contribution in [1.29, 1.82) is 0 Å². The first-order chi connectivity index (χ1) is 6.13. The van der Waals surface area contributed by atoms with Crippen molar-refractivity contribution < 1.29 is 16.5 Å². The Bertz CT molecular complexity index is 159. The second kappa shape index (κ2) is 12.0. The molecule has 0 aromatic heterocycles. The van der Waals surface area contributed by atoms with Crippen molar-refractivity contribution in [2.45, 2.75) is 19.3 Å². The van der Waals surface area contributed by atoms with Crippen LogP contribution in [0.15, 0.2) is 0 Å². The Labute approximate surface area is 115 Å². The van der Waals surface area contributed by atoms with E-state index in [1.54, 1.807) is 23.5 Å². The molecule has 0 aliphatic heterocycles. The maximum Gasteiger partial charge on any atom is 0.131 e. The second-order valence-corrected chi connectivity index (χ2v) is 6.07. The fourth-order valence-corrected chi connectivity index (χ4v) is 2.33. The van der Waals surface area contributed by atoms with Gasteiger partial charge in [-0.25, -0.2) is 0 Å². The molecular weight excluding hydrogens is 299 g/mol. The molecular formula is C7H14N2NiS4. The second-order valence-electron chi connectivity index (χ2n) is 2.40. The van der Waals surface area contributed by atoms with Crippen LogP contribution in [0.2, 0.25) is 0 Å². The zero-order chi connectivity index (χ0) is 10.1. The number of thioether (sulfide) groups is 2.